The molecule has 0 heterocycles. The van der Waals surface area contributed by atoms with Crippen LogP contribution in [-0.2, 0) is 23.9 Å². The number of nitrogens with zero attached hydrogens (tertiary/aromatic N) is 1. The average molecular weight is 303 g/mol. The summed E-state index contributed by atoms with van der Waals surface area (Å²) >= 11 is 0. The van der Waals surface area contributed by atoms with Crippen molar-refractivity contribution in [1.29, 1.82) is 0 Å². The van der Waals surface area contributed by atoms with E-state index in [0.29, 0.717) is 12.8 Å². The lowest BCUT2D eigenvalue weighted by molar-refractivity contribution is -0.154. The molecule has 0 amide bonds. The zero-order chi connectivity index (χ0) is 16.4. The minimum absolute atomic E-state index is 0.240. The van der Waals surface area contributed by atoms with Crippen molar-refractivity contribution < 1.29 is 29.0 Å². The molecule has 0 aliphatic rings. The molecule has 2 unspecified atom stereocenters. The number of hydrogen-bond donors (Lipinski definition) is 1. The first-order valence-electron chi connectivity index (χ1n) is 7.11. The fourth-order valence-corrected chi connectivity index (χ4v) is 1.41. The van der Waals surface area contributed by atoms with Crippen molar-refractivity contribution >= 4 is 17.9 Å². The van der Waals surface area contributed by atoms with E-state index in [0.717, 1.165) is 0 Å². The van der Waals surface area contributed by atoms with Crippen LogP contribution in [0.3, 0.4) is 0 Å². The maximum Gasteiger partial charge on any atom is 0.320 e. The Morgan fingerprint density at radius 2 is 1.29 bits per heavy atom. The van der Waals surface area contributed by atoms with Crippen LogP contribution in [0.5, 0.6) is 0 Å². The summed E-state index contributed by atoms with van der Waals surface area (Å²) in [5.74, 6) is -2.23. The summed E-state index contributed by atoms with van der Waals surface area (Å²) in [6.45, 7) is 6.30. The summed E-state index contributed by atoms with van der Waals surface area (Å²) in [6.07, 6.45) is 0.856. The first kappa shape index (κ1) is 19.4. The van der Waals surface area contributed by atoms with Crippen LogP contribution in [0, 0.1) is 0 Å². The summed E-state index contributed by atoms with van der Waals surface area (Å²) in [5, 5.41) is 8.82. The molecule has 2 atom stereocenters. The molecule has 1 N–H and O–H groups in total. The standard InChI is InChI=1S/C14H25NO6/c1-5-10(3)20-13(18)8-15(7-12(16)17)9-14(19)21-11(4)6-2/h10-11H,5-9H2,1-4H3,(H,16,17). The number of carbonyl (C=O) groups excluding carboxylic acids is 2. The van der Waals surface area contributed by atoms with Gasteiger partial charge in [-0.2, -0.15) is 0 Å². The zero-order valence-electron chi connectivity index (χ0n) is 13.1. The Bertz CT molecular complexity index is 331. The summed E-state index contributed by atoms with van der Waals surface area (Å²) in [7, 11) is 0. The maximum atomic E-state index is 11.7. The molecule has 0 rings (SSSR count). The number of rotatable bonds is 10. The van der Waals surface area contributed by atoms with E-state index in [1.54, 1.807) is 13.8 Å². The first-order chi connectivity index (χ1) is 9.78. The van der Waals surface area contributed by atoms with Crippen LogP contribution in [0.1, 0.15) is 40.5 Å². The van der Waals surface area contributed by atoms with Crippen LogP contribution in [0.25, 0.3) is 0 Å². The fraction of sp³-hybridized carbons (Fsp3) is 0.786. The van der Waals surface area contributed by atoms with E-state index < -0.39 is 24.5 Å². The van der Waals surface area contributed by atoms with Gasteiger partial charge in [-0.15, -0.1) is 0 Å². The Kier molecular flexibility index (Phi) is 9.36. The lowest BCUT2D eigenvalue weighted by Crippen LogP contribution is -2.40. The SMILES string of the molecule is CCC(C)OC(=O)CN(CC(=O)O)CC(=O)OC(C)CC. The van der Waals surface area contributed by atoms with Crippen LogP contribution in [0.15, 0.2) is 0 Å². The van der Waals surface area contributed by atoms with E-state index in [2.05, 4.69) is 0 Å². The van der Waals surface area contributed by atoms with Crippen LogP contribution in [0.2, 0.25) is 0 Å². The topological polar surface area (TPSA) is 93.1 Å². The van der Waals surface area contributed by atoms with E-state index in [9.17, 15) is 14.4 Å². The molecular weight excluding hydrogens is 278 g/mol. The summed E-state index contributed by atoms with van der Waals surface area (Å²) in [4.78, 5) is 35.3. The quantitative estimate of drug-likeness (QED) is 0.603. The molecule has 0 bridgehead atoms. The Morgan fingerprint density at radius 1 is 0.905 bits per heavy atom. The second-order valence-electron chi connectivity index (χ2n) is 4.96. The summed E-state index contributed by atoms with van der Waals surface area (Å²) in [5.41, 5.74) is 0. The number of esters is 2. The lowest BCUT2D eigenvalue weighted by Gasteiger charge is -2.20. The van der Waals surface area contributed by atoms with Crippen molar-refractivity contribution in [3.05, 3.63) is 0 Å². The van der Waals surface area contributed by atoms with E-state index >= 15 is 0 Å². The summed E-state index contributed by atoms with van der Waals surface area (Å²) in [6, 6.07) is 0. The number of hydrogen-bond acceptors (Lipinski definition) is 6. The highest BCUT2D eigenvalue weighted by Gasteiger charge is 2.20. The van der Waals surface area contributed by atoms with E-state index in [1.807, 2.05) is 13.8 Å². The largest absolute Gasteiger partial charge is 0.480 e. The Hall–Kier alpha value is -1.63. The molecule has 122 valence electrons. The second-order valence-corrected chi connectivity index (χ2v) is 4.96. The van der Waals surface area contributed by atoms with Crippen LogP contribution in [-0.4, -0.2) is 59.8 Å². The number of aliphatic carboxylic acids is 1. The second kappa shape index (κ2) is 10.1. The molecule has 0 aliphatic carbocycles. The Morgan fingerprint density at radius 3 is 1.57 bits per heavy atom. The van der Waals surface area contributed by atoms with Crippen molar-refractivity contribution in [2.75, 3.05) is 19.6 Å². The van der Waals surface area contributed by atoms with Gasteiger partial charge in [-0.25, -0.2) is 0 Å². The van der Waals surface area contributed by atoms with Crippen LogP contribution in [0.4, 0.5) is 0 Å². The Balaban J connectivity index is 4.47. The molecule has 7 nitrogen and oxygen atoms in total. The number of carbonyl (C=O) groups is 3. The highest BCUT2D eigenvalue weighted by molar-refractivity contribution is 5.77. The lowest BCUT2D eigenvalue weighted by atomic mass is 10.3. The predicted molar refractivity (Wildman–Crippen MR) is 75.8 cm³/mol. The van der Waals surface area contributed by atoms with Gasteiger partial charge in [-0.3, -0.25) is 19.3 Å². The van der Waals surface area contributed by atoms with Crippen molar-refractivity contribution in [1.82, 2.24) is 4.90 Å². The minimum Gasteiger partial charge on any atom is -0.480 e. The van der Waals surface area contributed by atoms with E-state index in [1.165, 1.54) is 4.90 Å². The zero-order valence-corrected chi connectivity index (χ0v) is 13.1. The highest BCUT2D eigenvalue weighted by Crippen LogP contribution is 2.01. The molecule has 0 aromatic carbocycles. The van der Waals surface area contributed by atoms with Gasteiger partial charge >= 0.3 is 17.9 Å². The molecule has 0 saturated heterocycles. The van der Waals surface area contributed by atoms with Crippen molar-refractivity contribution in [3.8, 4) is 0 Å². The van der Waals surface area contributed by atoms with Crippen molar-refractivity contribution in [2.24, 2.45) is 0 Å². The van der Waals surface area contributed by atoms with Gasteiger partial charge in [0.05, 0.1) is 31.8 Å². The molecule has 21 heavy (non-hydrogen) atoms. The minimum atomic E-state index is -1.12. The molecule has 0 saturated carbocycles. The highest BCUT2D eigenvalue weighted by atomic mass is 16.5. The molecule has 0 radical (unpaired) electrons. The van der Waals surface area contributed by atoms with Crippen LogP contribution >= 0.6 is 0 Å². The number of carboxylic acids is 1. The Labute approximate surface area is 125 Å². The predicted octanol–water partition coefficient (Wildman–Crippen LogP) is 1.06. The third kappa shape index (κ3) is 9.84. The van der Waals surface area contributed by atoms with Crippen molar-refractivity contribution in [3.63, 3.8) is 0 Å². The van der Waals surface area contributed by atoms with Gasteiger partial charge in [-0.05, 0) is 26.7 Å². The van der Waals surface area contributed by atoms with E-state index in [4.69, 9.17) is 14.6 Å². The average Bonchev–Trinajstić information content (AvgIpc) is 2.36. The van der Waals surface area contributed by atoms with Gasteiger partial charge in [0.25, 0.3) is 0 Å². The van der Waals surface area contributed by atoms with Gasteiger partial charge in [0, 0.05) is 0 Å². The maximum absolute atomic E-state index is 11.7. The molecule has 0 spiro atoms. The van der Waals surface area contributed by atoms with E-state index in [-0.39, 0.29) is 25.3 Å². The van der Waals surface area contributed by atoms with Gasteiger partial charge in [0.2, 0.25) is 0 Å². The monoisotopic (exact) mass is 303 g/mol. The first-order valence-corrected chi connectivity index (χ1v) is 7.11. The van der Waals surface area contributed by atoms with Crippen molar-refractivity contribution in [2.45, 2.75) is 52.7 Å². The molecular formula is C14H25NO6. The third-order valence-electron chi connectivity index (χ3n) is 2.88. The number of ether oxygens (including phenoxy) is 2. The number of carboxylic acid groups (broad SMARTS) is 1. The van der Waals surface area contributed by atoms with Gasteiger partial charge in [0.1, 0.15) is 0 Å². The third-order valence-corrected chi connectivity index (χ3v) is 2.88. The normalized spacial score (nSPS) is 13.6. The smallest absolute Gasteiger partial charge is 0.320 e. The molecule has 0 aromatic rings. The molecule has 0 aliphatic heterocycles. The van der Waals surface area contributed by atoms with Crippen LogP contribution < -0.4 is 0 Å². The van der Waals surface area contributed by atoms with Gasteiger partial charge < -0.3 is 14.6 Å². The van der Waals surface area contributed by atoms with Gasteiger partial charge in [-0.1, -0.05) is 13.8 Å². The van der Waals surface area contributed by atoms with Gasteiger partial charge in [0.15, 0.2) is 0 Å². The molecule has 0 aromatic heterocycles. The molecule has 7 heteroatoms. The summed E-state index contributed by atoms with van der Waals surface area (Å²) < 4.78 is 10.1. The molecule has 0 fully saturated rings. The fourth-order valence-electron chi connectivity index (χ4n) is 1.41.